The van der Waals surface area contributed by atoms with Crippen molar-refractivity contribution in [1.29, 1.82) is 0 Å². The average Bonchev–Trinajstić information content (AvgIpc) is 3.28. The van der Waals surface area contributed by atoms with Gasteiger partial charge in [-0.3, -0.25) is 4.79 Å². The molecule has 4 rings (SSSR count). The van der Waals surface area contributed by atoms with Gasteiger partial charge in [-0.1, -0.05) is 61.4 Å². The highest BCUT2D eigenvalue weighted by molar-refractivity contribution is 5.85. The summed E-state index contributed by atoms with van der Waals surface area (Å²) in [7, 11) is 0. The Balaban J connectivity index is 1.40. The summed E-state index contributed by atoms with van der Waals surface area (Å²) in [5.74, 6) is -1.90. The van der Waals surface area contributed by atoms with Gasteiger partial charge in [0.05, 0.1) is 18.8 Å². The zero-order chi connectivity index (χ0) is 25.5. The van der Waals surface area contributed by atoms with E-state index in [0.717, 1.165) is 31.2 Å². The Labute approximate surface area is 209 Å². The SMILES string of the molecule is Cc1cccc(COc2cc(C(=O)O)nn2CC(=O)NC2CCCCC2OCc2ccccc2)c1F. The predicted molar refractivity (Wildman–Crippen MR) is 130 cm³/mol. The van der Waals surface area contributed by atoms with Crippen LogP contribution in [0.25, 0.3) is 0 Å². The molecule has 1 aliphatic rings. The number of hydrogen-bond acceptors (Lipinski definition) is 5. The lowest BCUT2D eigenvalue weighted by Crippen LogP contribution is -2.47. The van der Waals surface area contributed by atoms with Crippen LogP contribution >= 0.6 is 0 Å². The first-order valence-corrected chi connectivity index (χ1v) is 12.0. The summed E-state index contributed by atoms with van der Waals surface area (Å²) >= 11 is 0. The van der Waals surface area contributed by atoms with E-state index in [1.165, 1.54) is 10.7 Å². The van der Waals surface area contributed by atoms with Crippen molar-refractivity contribution in [3.63, 3.8) is 0 Å². The van der Waals surface area contributed by atoms with Crippen LogP contribution < -0.4 is 10.1 Å². The number of aromatic nitrogens is 2. The van der Waals surface area contributed by atoms with E-state index in [4.69, 9.17) is 9.47 Å². The summed E-state index contributed by atoms with van der Waals surface area (Å²) in [5.41, 5.74) is 1.61. The fraction of sp³-hybridized carbons (Fsp3) is 0.370. The average molecular weight is 496 g/mol. The van der Waals surface area contributed by atoms with E-state index in [9.17, 15) is 19.1 Å². The fourth-order valence-electron chi connectivity index (χ4n) is 4.33. The van der Waals surface area contributed by atoms with Crippen LogP contribution in [0.4, 0.5) is 4.39 Å². The number of hydrogen-bond donors (Lipinski definition) is 2. The van der Waals surface area contributed by atoms with Gasteiger partial charge >= 0.3 is 5.97 Å². The number of nitrogens with one attached hydrogen (secondary N) is 1. The molecule has 8 nitrogen and oxygen atoms in total. The van der Waals surface area contributed by atoms with Gasteiger partial charge in [-0.25, -0.2) is 13.9 Å². The summed E-state index contributed by atoms with van der Waals surface area (Å²) in [6.45, 7) is 1.75. The summed E-state index contributed by atoms with van der Waals surface area (Å²) in [5, 5.41) is 16.4. The summed E-state index contributed by atoms with van der Waals surface area (Å²) < 4.78 is 27.3. The van der Waals surface area contributed by atoms with Crippen molar-refractivity contribution in [2.24, 2.45) is 0 Å². The van der Waals surface area contributed by atoms with Gasteiger partial charge in [-0.2, -0.15) is 5.10 Å². The van der Waals surface area contributed by atoms with Crippen molar-refractivity contribution in [1.82, 2.24) is 15.1 Å². The van der Waals surface area contributed by atoms with Gasteiger partial charge < -0.3 is 19.9 Å². The Morgan fingerprint density at radius 3 is 2.67 bits per heavy atom. The van der Waals surface area contributed by atoms with E-state index in [2.05, 4.69) is 10.4 Å². The number of carboxylic acid groups (broad SMARTS) is 1. The van der Waals surface area contributed by atoms with Gasteiger partial charge in [-0.05, 0) is 30.9 Å². The second-order valence-electron chi connectivity index (χ2n) is 8.96. The maximum atomic E-state index is 14.3. The Morgan fingerprint density at radius 1 is 1.11 bits per heavy atom. The molecule has 1 saturated carbocycles. The van der Waals surface area contributed by atoms with Gasteiger partial charge in [0, 0.05) is 11.6 Å². The van der Waals surface area contributed by atoms with Gasteiger partial charge in [0.1, 0.15) is 19.0 Å². The quantitative estimate of drug-likeness (QED) is 0.436. The molecule has 2 N–H and O–H groups in total. The van der Waals surface area contributed by atoms with E-state index in [0.29, 0.717) is 17.7 Å². The number of amides is 1. The van der Waals surface area contributed by atoms with E-state index in [1.807, 2.05) is 30.3 Å². The third kappa shape index (κ3) is 6.48. The van der Waals surface area contributed by atoms with E-state index >= 15 is 0 Å². The van der Waals surface area contributed by atoms with Crippen LogP contribution in [-0.2, 0) is 29.3 Å². The Bertz CT molecular complexity index is 1200. The van der Waals surface area contributed by atoms with E-state index < -0.39 is 11.8 Å². The van der Waals surface area contributed by atoms with Crippen LogP contribution in [0.3, 0.4) is 0 Å². The lowest BCUT2D eigenvalue weighted by Gasteiger charge is -2.32. The van der Waals surface area contributed by atoms with Gasteiger partial charge in [0.15, 0.2) is 5.69 Å². The molecule has 190 valence electrons. The largest absolute Gasteiger partial charge is 0.476 e. The molecule has 2 unspecified atom stereocenters. The first kappa shape index (κ1) is 25.4. The zero-order valence-electron chi connectivity index (χ0n) is 20.2. The monoisotopic (exact) mass is 495 g/mol. The van der Waals surface area contributed by atoms with Crippen LogP contribution in [0.2, 0.25) is 0 Å². The standard InChI is InChI=1S/C27H30FN3O5/c1-18-8-7-11-20(26(18)28)17-36-25-14-22(27(33)34)30-31(25)15-24(32)29-21-12-5-6-13-23(21)35-16-19-9-3-2-4-10-19/h2-4,7-11,14,21,23H,5-6,12-13,15-17H2,1H3,(H,29,32)(H,33,34). The fourth-order valence-corrected chi connectivity index (χ4v) is 4.33. The molecule has 1 fully saturated rings. The van der Waals surface area contributed by atoms with Crippen molar-refractivity contribution in [2.75, 3.05) is 0 Å². The number of carboxylic acids is 1. The third-order valence-electron chi connectivity index (χ3n) is 6.26. The van der Waals surface area contributed by atoms with Gasteiger partial charge in [0.2, 0.25) is 11.8 Å². The normalized spacial score (nSPS) is 17.5. The number of benzene rings is 2. The molecular formula is C27H30FN3O5. The van der Waals surface area contributed by atoms with E-state index in [1.54, 1.807) is 25.1 Å². The van der Waals surface area contributed by atoms with Crippen LogP contribution in [-0.4, -0.2) is 38.9 Å². The van der Waals surface area contributed by atoms with Crippen molar-refractivity contribution in [2.45, 2.75) is 64.5 Å². The minimum atomic E-state index is -1.25. The molecule has 1 heterocycles. The maximum Gasteiger partial charge on any atom is 0.356 e. The molecule has 0 bridgehead atoms. The Hall–Kier alpha value is -3.72. The molecule has 0 radical (unpaired) electrons. The topological polar surface area (TPSA) is 103 Å². The van der Waals surface area contributed by atoms with Crippen LogP contribution in [0.5, 0.6) is 5.88 Å². The lowest BCUT2D eigenvalue weighted by atomic mass is 9.92. The number of carbonyl (C=O) groups excluding carboxylic acids is 1. The Morgan fingerprint density at radius 2 is 1.89 bits per heavy atom. The molecule has 0 aliphatic heterocycles. The number of carbonyl (C=O) groups is 2. The van der Waals surface area contributed by atoms with Crippen molar-refractivity contribution in [3.8, 4) is 5.88 Å². The minimum absolute atomic E-state index is 0.0731. The Kier molecular flexibility index (Phi) is 8.32. The van der Waals surface area contributed by atoms with Crippen LogP contribution in [0.15, 0.2) is 54.6 Å². The molecule has 1 amide bonds. The van der Waals surface area contributed by atoms with Crippen molar-refractivity contribution < 1.29 is 28.6 Å². The van der Waals surface area contributed by atoms with Crippen molar-refractivity contribution >= 4 is 11.9 Å². The highest BCUT2D eigenvalue weighted by Gasteiger charge is 2.28. The van der Waals surface area contributed by atoms with Gasteiger partial charge in [0.25, 0.3) is 0 Å². The molecule has 36 heavy (non-hydrogen) atoms. The number of nitrogens with zero attached hydrogens (tertiary/aromatic N) is 2. The number of rotatable bonds is 10. The summed E-state index contributed by atoms with van der Waals surface area (Å²) in [6.07, 6.45) is 3.53. The van der Waals surface area contributed by atoms with Crippen molar-refractivity contribution in [3.05, 3.63) is 82.8 Å². The second kappa shape index (κ2) is 11.8. The number of aryl methyl sites for hydroxylation is 1. The molecule has 1 aliphatic carbocycles. The first-order valence-electron chi connectivity index (χ1n) is 12.0. The van der Waals surface area contributed by atoms with E-state index in [-0.39, 0.29) is 42.8 Å². The molecule has 2 atom stereocenters. The third-order valence-corrected chi connectivity index (χ3v) is 6.26. The molecule has 1 aromatic heterocycles. The summed E-state index contributed by atoms with van der Waals surface area (Å²) in [6, 6.07) is 15.9. The maximum absolute atomic E-state index is 14.3. The minimum Gasteiger partial charge on any atom is -0.476 e. The number of aromatic carboxylic acids is 1. The number of halogens is 1. The molecule has 2 aromatic carbocycles. The smallest absolute Gasteiger partial charge is 0.356 e. The van der Waals surface area contributed by atoms with Crippen LogP contribution in [0.1, 0.15) is 52.9 Å². The molecule has 0 saturated heterocycles. The molecule has 0 spiro atoms. The highest BCUT2D eigenvalue weighted by atomic mass is 19.1. The number of ether oxygens (including phenoxy) is 2. The molecule has 3 aromatic rings. The first-order chi connectivity index (χ1) is 17.4. The molecular weight excluding hydrogens is 465 g/mol. The summed E-state index contributed by atoms with van der Waals surface area (Å²) in [4.78, 5) is 24.4. The lowest BCUT2D eigenvalue weighted by molar-refractivity contribution is -0.124. The second-order valence-corrected chi connectivity index (χ2v) is 8.96. The van der Waals surface area contributed by atoms with Gasteiger partial charge in [-0.15, -0.1) is 0 Å². The van der Waals surface area contributed by atoms with Crippen LogP contribution in [0, 0.1) is 12.7 Å². The predicted octanol–water partition coefficient (Wildman–Crippen LogP) is 4.25. The highest BCUT2D eigenvalue weighted by Crippen LogP contribution is 2.23. The zero-order valence-corrected chi connectivity index (χ0v) is 20.2. The molecule has 9 heteroatoms.